The minimum absolute atomic E-state index is 0.0111. The summed E-state index contributed by atoms with van der Waals surface area (Å²) in [6.45, 7) is 2.05. The van der Waals surface area contributed by atoms with E-state index in [1.165, 1.54) is 11.3 Å². The molecule has 0 bridgehead atoms. The first kappa shape index (κ1) is 16.5. The number of carbonyl (C=O) groups is 1. The molecular weight excluding hydrogens is 418 g/mol. The van der Waals surface area contributed by atoms with Crippen molar-refractivity contribution in [1.29, 1.82) is 0 Å². The summed E-state index contributed by atoms with van der Waals surface area (Å²) >= 11 is 8.22. The van der Waals surface area contributed by atoms with Crippen LogP contribution in [0.25, 0.3) is 0 Å². The number of rotatable bonds is 5. The van der Waals surface area contributed by atoms with Gasteiger partial charge in [0.25, 0.3) is 5.91 Å². The van der Waals surface area contributed by atoms with Gasteiger partial charge in [0.1, 0.15) is 5.75 Å². The molecule has 2 rings (SSSR count). The van der Waals surface area contributed by atoms with E-state index in [9.17, 15) is 4.79 Å². The molecule has 1 unspecified atom stereocenters. The Morgan fingerprint density at radius 3 is 2.48 bits per heavy atom. The number of nitrogens with one attached hydrogen (secondary N) is 1. The highest BCUT2D eigenvalue weighted by Gasteiger charge is 2.17. The average molecular weight is 433 g/mol. The van der Waals surface area contributed by atoms with Gasteiger partial charge in [-0.3, -0.25) is 4.79 Å². The third kappa shape index (κ3) is 4.08. The highest BCUT2D eigenvalue weighted by atomic mass is 79.9. The number of carbonyl (C=O) groups excluding carboxylic acids is 1. The summed E-state index contributed by atoms with van der Waals surface area (Å²) in [5.74, 6) is 0.750. The van der Waals surface area contributed by atoms with E-state index < -0.39 is 0 Å². The van der Waals surface area contributed by atoms with Crippen molar-refractivity contribution < 1.29 is 9.53 Å². The lowest BCUT2D eigenvalue weighted by molar-refractivity contribution is 0.0939. The number of hydrogen-bond acceptors (Lipinski definition) is 3. The first-order valence-corrected chi connectivity index (χ1v) is 8.85. The van der Waals surface area contributed by atoms with Crippen molar-refractivity contribution >= 4 is 49.1 Å². The summed E-state index contributed by atoms with van der Waals surface area (Å²) in [7, 11) is 1.64. The van der Waals surface area contributed by atoms with Gasteiger partial charge in [0.05, 0.1) is 21.8 Å². The zero-order valence-corrected chi connectivity index (χ0v) is 15.6. The molecule has 1 heterocycles. The predicted octanol–water partition coefficient (Wildman–Crippen LogP) is 5.16. The maximum absolute atomic E-state index is 12.3. The van der Waals surface area contributed by atoms with Gasteiger partial charge in [-0.05, 0) is 62.0 Å². The molecule has 0 saturated heterocycles. The Hall–Kier alpha value is -0.850. The molecule has 0 spiro atoms. The third-order valence-electron chi connectivity index (χ3n) is 3.10. The zero-order valence-electron chi connectivity index (χ0n) is 11.7. The van der Waals surface area contributed by atoms with Gasteiger partial charge in [-0.25, -0.2) is 0 Å². The van der Waals surface area contributed by atoms with Crippen molar-refractivity contribution in [2.75, 3.05) is 7.11 Å². The fourth-order valence-corrected chi connectivity index (χ4v) is 3.88. The Labute approximate surface area is 145 Å². The first-order valence-electron chi connectivity index (χ1n) is 6.44. The minimum Gasteiger partial charge on any atom is -0.497 e. The number of amides is 1. The summed E-state index contributed by atoms with van der Waals surface area (Å²) in [5.41, 5.74) is 1.07. The number of thiophene rings is 1. The van der Waals surface area contributed by atoms with Crippen LogP contribution in [0, 0.1) is 0 Å². The summed E-state index contributed by atoms with van der Waals surface area (Å²) in [4.78, 5) is 13.0. The quantitative estimate of drug-likeness (QED) is 0.708. The number of methoxy groups -OCH3 is 1. The molecule has 112 valence electrons. The van der Waals surface area contributed by atoms with Crippen LogP contribution in [0.15, 0.2) is 38.6 Å². The molecule has 2 aromatic rings. The van der Waals surface area contributed by atoms with Crippen molar-refractivity contribution in [1.82, 2.24) is 5.32 Å². The van der Waals surface area contributed by atoms with Crippen LogP contribution in [0.2, 0.25) is 0 Å². The van der Waals surface area contributed by atoms with Crippen LogP contribution >= 0.6 is 43.2 Å². The maximum Gasteiger partial charge on any atom is 0.261 e. The van der Waals surface area contributed by atoms with Gasteiger partial charge < -0.3 is 10.1 Å². The molecule has 1 aromatic heterocycles. The largest absolute Gasteiger partial charge is 0.497 e. The molecule has 1 N–H and O–H groups in total. The second-order valence-electron chi connectivity index (χ2n) is 4.44. The molecule has 1 aromatic carbocycles. The molecule has 0 saturated carbocycles. The first-order chi connectivity index (χ1) is 10.0. The van der Waals surface area contributed by atoms with Gasteiger partial charge in [0, 0.05) is 4.47 Å². The van der Waals surface area contributed by atoms with Crippen LogP contribution in [-0.4, -0.2) is 13.0 Å². The zero-order chi connectivity index (χ0) is 15.4. The standard InChI is InChI=1S/C15H15Br2NO2S/c1-3-12(9-4-6-10(20-2)7-5-9)18-15(19)13-8-11(16)14(17)21-13/h4-8,12H,3H2,1-2H3,(H,18,19). The Bertz CT molecular complexity index is 606. The SMILES string of the molecule is CCC(NC(=O)c1cc(Br)c(Br)s1)c1ccc(OC)cc1. The van der Waals surface area contributed by atoms with Gasteiger partial charge in [0.15, 0.2) is 0 Å². The van der Waals surface area contributed by atoms with E-state index >= 15 is 0 Å². The molecule has 1 amide bonds. The molecule has 0 aliphatic carbocycles. The van der Waals surface area contributed by atoms with E-state index in [1.807, 2.05) is 30.3 Å². The van der Waals surface area contributed by atoms with E-state index in [1.54, 1.807) is 7.11 Å². The highest BCUT2D eigenvalue weighted by molar-refractivity contribution is 9.13. The van der Waals surface area contributed by atoms with Crippen LogP contribution in [0.1, 0.15) is 34.6 Å². The van der Waals surface area contributed by atoms with Crippen LogP contribution in [0.5, 0.6) is 5.75 Å². The average Bonchev–Trinajstić information content (AvgIpc) is 2.84. The Morgan fingerprint density at radius 1 is 1.33 bits per heavy atom. The van der Waals surface area contributed by atoms with Crippen molar-refractivity contribution in [3.05, 3.63) is 49.0 Å². The summed E-state index contributed by atoms with van der Waals surface area (Å²) in [6.07, 6.45) is 0.825. The molecule has 0 fully saturated rings. The van der Waals surface area contributed by atoms with Crippen molar-refractivity contribution in [3.63, 3.8) is 0 Å². The summed E-state index contributed by atoms with van der Waals surface area (Å²) < 4.78 is 6.97. The van der Waals surface area contributed by atoms with E-state index in [2.05, 4.69) is 44.1 Å². The predicted molar refractivity (Wildman–Crippen MR) is 93.2 cm³/mol. The minimum atomic E-state index is -0.0610. The maximum atomic E-state index is 12.3. The molecular formula is C15H15Br2NO2S. The second-order valence-corrected chi connectivity index (χ2v) is 7.66. The molecule has 1 atom stereocenters. The molecule has 0 radical (unpaired) electrons. The number of benzene rings is 1. The van der Waals surface area contributed by atoms with Crippen LogP contribution in [0.4, 0.5) is 0 Å². The van der Waals surface area contributed by atoms with E-state index in [0.717, 1.165) is 26.0 Å². The van der Waals surface area contributed by atoms with Gasteiger partial charge >= 0.3 is 0 Å². The summed E-state index contributed by atoms with van der Waals surface area (Å²) in [6, 6.07) is 9.58. The monoisotopic (exact) mass is 431 g/mol. The molecule has 0 aliphatic rings. The number of halogens is 2. The molecule has 6 heteroatoms. The van der Waals surface area contributed by atoms with Gasteiger partial charge in [-0.15, -0.1) is 11.3 Å². The summed E-state index contributed by atoms with van der Waals surface area (Å²) in [5, 5.41) is 3.07. The van der Waals surface area contributed by atoms with Crippen LogP contribution in [-0.2, 0) is 0 Å². The fourth-order valence-electron chi connectivity index (χ4n) is 1.95. The number of ether oxygens (including phenoxy) is 1. The lowest BCUT2D eigenvalue weighted by Crippen LogP contribution is -2.27. The third-order valence-corrected chi connectivity index (χ3v) is 6.36. The lowest BCUT2D eigenvalue weighted by Gasteiger charge is -2.17. The van der Waals surface area contributed by atoms with Gasteiger partial charge in [-0.2, -0.15) is 0 Å². The molecule has 21 heavy (non-hydrogen) atoms. The van der Waals surface area contributed by atoms with Crippen molar-refractivity contribution in [2.45, 2.75) is 19.4 Å². The van der Waals surface area contributed by atoms with Crippen molar-refractivity contribution in [3.8, 4) is 5.75 Å². The normalized spacial score (nSPS) is 12.0. The fraction of sp³-hybridized carbons (Fsp3) is 0.267. The second kappa shape index (κ2) is 7.42. The topological polar surface area (TPSA) is 38.3 Å². The van der Waals surface area contributed by atoms with Crippen LogP contribution in [0.3, 0.4) is 0 Å². The van der Waals surface area contributed by atoms with E-state index in [0.29, 0.717) is 4.88 Å². The lowest BCUT2D eigenvalue weighted by atomic mass is 10.0. The number of hydrogen-bond donors (Lipinski definition) is 1. The van der Waals surface area contributed by atoms with Gasteiger partial charge in [0.2, 0.25) is 0 Å². The Morgan fingerprint density at radius 2 is 2.00 bits per heavy atom. The van der Waals surface area contributed by atoms with E-state index in [-0.39, 0.29) is 11.9 Å². The van der Waals surface area contributed by atoms with Gasteiger partial charge in [-0.1, -0.05) is 19.1 Å². The Kier molecular flexibility index (Phi) is 5.84. The highest BCUT2D eigenvalue weighted by Crippen LogP contribution is 2.32. The molecule has 3 nitrogen and oxygen atoms in total. The molecule has 0 aliphatic heterocycles. The van der Waals surface area contributed by atoms with Crippen LogP contribution < -0.4 is 10.1 Å². The Balaban J connectivity index is 2.12. The van der Waals surface area contributed by atoms with Crippen molar-refractivity contribution in [2.24, 2.45) is 0 Å². The smallest absolute Gasteiger partial charge is 0.261 e. The van der Waals surface area contributed by atoms with E-state index in [4.69, 9.17) is 4.74 Å².